The molecular weight excluding hydrogens is 240 g/mol. The second kappa shape index (κ2) is 4.50. The molecule has 19 heavy (non-hydrogen) atoms. The predicted octanol–water partition coefficient (Wildman–Crippen LogP) is 2.19. The van der Waals surface area contributed by atoms with Crippen LogP contribution in [0.25, 0.3) is 0 Å². The number of aromatic nitrogens is 2. The Kier molecular flexibility index (Phi) is 2.81. The average molecular weight is 258 g/mol. The van der Waals surface area contributed by atoms with Gasteiger partial charge in [-0.1, -0.05) is 17.7 Å². The molecule has 0 amide bonds. The smallest absolute Gasteiger partial charge is 0.148 e. The van der Waals surface area contributed by atoms with Crippen LogP contribution in [0.5, 0.6) is 5.75 Å². The van der Waals surface area contributed by atoms with Gasteiger partial charge in [0.15, 0.2) is 0 Å². The zero-order valence-electron chi connectivity index (χ0n) is 11.2. The summed E-state index contributed by atoms with van der Waals surface area (Å²) in [5.41, 5.74) is 9.00. The van der Waals surface area contributed by atoms with Gasteiger partial charge in [-0.15, -0.1) is 0 Å². The first kappa shape index (κ1) is 11.9. The summed E-state index contributed by atoms with van der Waals surface area (Å²) in [6.45, 7) is 2.97. The minimum Gasteiger partial charge on any atom is -0.496 e. The number of hydrogen-bond donors (Lipinski definition) is 2. The van der Waals surface area contributed by atoms with E-state index in [1.165, 1.54) is 5.56 Å². The van der Waals surface area contributed by atoms with Gasteiger partial charge in [0.25, 0.3) is 0 Å². The van der Waals surface area contributed by atoms with Crippen LogP contribution in [0.3, 0.4) is 0 Å². The van der Waals surface area contributed by atoms with E-state index in [4.69, 9.17) is 10.5 Å². The van der Waals surface area contributed by atoms with Crippen molar-refractivity contribution in [2.75, 3.05) is 24.7 Å². The molecule has 1 aromatic heterocycles. The van der Waals surface area contributed by atoms with Crippen LogP contribution >= 0.6 is 0 Å². The third kappa shape index (κ3) is 1.91. The molecule has 0 saturated carbocycles. The Bertz CT molecular complexity index is 605. The topological polar surface area (TPSA) is 65.1 Å². The molecule has 0 radical (unpaired) electrons. The van der Waals surface area contributed by atoms with Gasteiger partial charge in [0.05, 0.1) is 25.0 Å². The first-order chi connectivity index (χ1) is 9.20. The van der Waals surface area contributed by atoms with Crippen molar-refractivity contribution in [2.45, 2.75) is 19.4 Å². The van der Waals surface area contributed by atoms with Gasteiger partial charge < -0.3 is 15.8 Å². The normalized spacial score (nSPS) is 17.7. The van der Waals surface area contributed by atoms with Crippen LogP contribution in [0.2, 0.25) is 0 Å². The second-order valence-corrected chi connectivity index (χ2v) is 4.87. The number of nitrogens with one attached hydrogen (secondary N) is 1. The molecule has 3 N–H and O–H groups in total. The van der Waals surface area contributed by atoms with Gasteiger partial charge in [-0.25, -0.2) is 4.68 Å². The number of nitrogens with two attached hydrogens (primary N) is 1. The molecule has 5 heteroatoms. The second-order valence-electron chi connectivity index (χ2n) is 4.87. The fraction of sp³-hybridized carbons (Fsp3) is 0.357. The number of benzene rings is 1. The van der Waals surface area contributed by atoms with Crippen molar-refractivity contribution >= 4 is 11.5 Å². The van der Waals surface area contributed by atoms with Crippen molar-refractivity contribution in [1.82, 2.24) is 9.78 Å². The van der Waals surface area contributed by atoms with Crippen LogP contribution in [0.4, 0.5) is 11.5 Å². The zero-order valence-corrected chi connectivity index (χ0v) is 11.2. The molecule has 1 atom stereocenters. The summed E-state index contributed by atoms with van der Waals surface area (Å²) in [5.74, 6) is 1.80. The molecular formula is C14H18N4O. The molecule has 2 heterocycles. The lowest BCUT2D eigenvalue weighted by Crippen LogP contribution is -2.25. The Morgan fingerprint density at radius 3 is 3.11 bits per heavy atom. The predicted molar refractivity (Wildman–Crippen MR) is 75.6 cm³/mol. The highest BCUT2D eigenvalue weighted by Crippen LogP contribution is 2.36. The number of ether oxygens (including phenoxy) is 1. The zero-order chi connectivity index (χ0) is 13.4. The highest BCUT2D eigenvalue weighted by Gasteiger charge is 2.26. The maximum atomic E-state index is 5.93. The largest absolute Gasteiger partial charge is 0.496 e. The summed E-state index contributed by atoms with van der Waals surface area (Å²) in [6.07, 6.45) is 2.66. The van der Waals surface area contributed by atoms with E-state index < -0.39 is 0 Å². The minimum absolute atomic E-state index is 0.170. The molecule has 0 aliphatic carbocycles. The number of rotatable bonds is 2. The van der Waals surface area contributed by atoms with Crippen LogP contribution in [0.1, 0.15) is 23.6 Å². The number of methoxy groups -OCH3 is 1. The number of fused-ring (bicyclic) bond motifs is 1. The average Bonchev–Trinajstić information content (AvgIpc) is 2.81. The van der Waals surface area contributed by atoms with Gasteiger partial charge in [0, 0.05) is 12.1 Å². The number of anilines is 2. The molecule has 0 spiro atoms. The Labute approximate surface area is 112 Å². The molecule has 1 aromatic carbocycles. The molecule has 0 fully saturated rings. The monoisotopic (exact) mass is 258 g/mol. The summed E-state index contributed by atoms with van der Waals surface area (Å²) >= 11 is 0. The van der Waals surface area contributed by atoms with E-state index in [1.54, 1.807) is 13.3 Å². The van der Waals surface area contributed by atoms with Gasteiger partial charge in [0.1, 0.15) is 11.6 Å². The highest BCUT2D eigenvalue weighted by molar-refractivity contribution is 5.62. The molecule has 2 aromatic rings. The van der Waals surface area contributed by atoms with Crippen LogP contribution in [0, 0.1) is 6.92 Å². The lowest BCUT2D eigenvalue weighted by Gasteiger charge is -2.27. The minimum atomic E-state index is 0.170. The quantitative estimate of drug-likeness (QED) is 0.866. The molecule has 0 bridgehead atoms. The van der Waals surface area contributed by atoms with E-state index in [9.17, 15) is 0 Å². The molecule has 3 rings (SSSR count). The Morgan fingerprint density at radius 1 is 1.47 bits per heavy atom. The van der Waals surface area contributed by atoms with Gasteiger partial charge in [-0.3, -0.25) is 0 Å². The summed E-state index contributed by atoms with van der Waals surface area (Å²) in [4.78, 5) is 0. The van der Waals surface area contributed by atoms with Crippen LogP contribution in [0.15, 0.2) is 24.4 Å². The highest BCUT2D eigenvalue weighted by atomic mass is 16.5. The number of hydrogen-bond acceptors (Lipinski definition) is 4. The summed E-state index contributed by atoms with van der Waals surface area (Å²) in [5, 5.41) is 7.69. The van der Waals surface area contributed by atoms with E-state index in [1.807, 2.05) is 10.7 Å². The summed E-state index contributed by atoms with van der Waals surface area (Å²) < 4.78 is 7.44. The Balaban J connectivity index is 2.11. The molecule has 0 saturated heterocycles. The third-order valence-corrected chi connectivity index (χ3v) is 3.57. The van der Waals surface area contributed by atoms with Crippen LogP contribution in [-0.4, -0.2) is 23.4 Å². The lowest BCUT2D eigenvalue weighted by atomic mass is 9.99. The summed E-state index contributed by atoms with van der Waals surface area (Å²) in [6, 6.07) is 6.40. The molecule has 100 valence electrons. The van der Waals surface area contributed by atoms with Crippen molar-refractivity contribution in [2.24, 2.45) is 0 Å². The van der Waals surface area contributed by atoms with Gasteiger partial charge >= 0.3 is 0 Å². The maximum Gasteiger partial charge on any atom is 0.148 e. The maximum absolute atomic E-state index is 5.93. The van der Waals surface area contributed by atoms with Crippen molar-refractivity contribution < 1.29 is 4.74 Å². The number of nitrogens with zero attached hydrogens (tertiary/aromatic N) is 2. The van der Waals surface area contributed by atoms with Crippen LogP contribution < -0.4 is 15.8 Å². The Hall–Kier alpha value is -2.17. The van der Waals surface area contributed by atoms with Gasteiger partial charge in [-0.05, 0) is 19.4 Å². The summed E-state index contributed by atoms with van der Waals surface area (Å²) in [7, 11) is 1.70. The Morgan fingerprint density at radius 2 is 2.32 bits per heavy atom. The van der Waals surface area contributed by atoms with E-state index in [2.05, 4.69) is 29.5 Å². The van der Waals surface area contributed by atoms with E-state index in [0.717, 1.165) is 30.1 Å². The fourth-order valence-corrected chi connectivity index (χ4v) is 2.65. The van der Waals surface area contributed by atoms with E-state index in [-0.39, 0.29) is 6.04 Å². The van der Waals surface area contributed by atoms with Crippen molar-refractivity contribution in [3.05, 3.63) is 35.5 Å². The van der Waals surface area contributed by atoms with Gasteiger partial charge in [-0.2, -0.15) is 5.10 Å². The standard InChI is InChI=1S/C14H18N4O/c1-9-3-4-13(19-2)10(7-9)12-5-6-16-14-11(15)8-17-18(12)14/h3-4,7-8,12,16H,5-6,15H2,1-2H3. The molecule has 5 nitrogen and oxygen atoms in total. The van der Waals surface area contributed by atoms with E-state index in [0.29, 0.717) is 5.69 Å². The van der Waals surface area contributed by atoms with Crippen LogP contribution in [-0.2, 0) is 0 Å². The van der Waals surface area contributed by atoms with Crippen molar-refractivity contribution in [3.63, 3.8) is 0 Å². The first-order valence-corrected chi connectivity index (χ1v) is 6.42. The van der Waals surface area contributed by atoms with E-state index >= 15 is 0 Å². The lowest BCUT2D eigenvalue weighted by molar-refractivity contribution is 0.391. The molecule has 1 unspecified atom stereocenters. The van der Waals surface area contributed by atoms with Crippen molar-refractivity contribution in [1.29, 1.82) is 0 Å². The molecule has 1 aliphatic heterocycles. The number of nitrogen functional groups attached to an aromatic ring is 1. The first-order valence-electron chi connectivity index (χ1n) is 6.42. The third-order valence-electron chi connectivity index (χ3n) is 3.57. The van der Waals surface area contributed by atoms with Crippen molar-refractivity contribution in [3.8, 4) is 5.75 Å². The van der Waals surface area contributed by atoms with Gasteiger partial charge in [0.2, 0.25) is 0 Å². The SMILES string of the molecule is COc1ccc(C)cc1C1CCNc2c(N)cnn21. The number of aryl methyl sites for hydroxylation is 1. The fourth-order valence-electron chi connectivity index (χ4n) is 2.65. The molecule has 1 aliphatic rings.